The molecule has 0 saturated heterocycles. The summed E-state index contributed by atoms with van der Waals surface area (Å²) in [4.78, 5) is 4.38. The zero-order valence-corrected chi connectivity index (χ0v) is 12.9. The summed E-state index contributed by atoms with van der Waals surface area (Å²) in [7, 11) is 0. The maximum Gasteiger partial charge on any atom is 0.192 e. The Morgan fingerprint density at radius 2 is 1.71 bits per heavy atom. The molecule has 0 spiro atoms. The summed E-state index contributed by atoms with van der Waals surface area (Å²) in [6, 6.07) is 12.9. The highest BCUT2D eigenvalue weighted by atomic mass is 16.3. The number of nitrogens with one attached hydrogen (secondary N) is 1. The van der Waals surface area contributed by atoms with Gasteiger partial charge in [0.25, 0.3) is 0 Å². The topological polar surface area (TPSA) is 38.1 Å². The Bertz CT molecular complexity index is 769. The normalized spacial score (nSPS) is 12.6. The Labute approximate surface area is 125 Å². The average Bonchev–Trinajstić information content (AvgIpc) is 2.77. The van der Waals surface area contributed by atoms with Crippen molar-refractivity contribution >= 4 is 16.8 Å². The van der Waals surface area contributed by atoms with Crippen molar-refractivity contribution in [3.63, 3.8) is 0 Å². The van der Waals surface area contributed by atoms with E-state index in [0.717, 1.165) is 16.8 Å². The number of hydrogen-bond acceptors (Lipinski definition) is 3. The molecule has 0 aliphatic carbocycles. The van der Waals surface area contributed by atoms with Crippen LogP contribution in [0.5, 0.6) is 0 Å². The molecule has 0 radical (unpaired) electrons. The molecular weight excluding hydrogens is 260 g/mol. The fraction of sp³-hybridized carbons (Fsp3) is 0.278. The van der Waals surface area contributed by atoms with Crippen molar-refractivity contribution < 1.29 is 4.42 Å². The van der Waals surface area contributed by atoms with Crippen LogP contribution in [0, 0.1) is 20.8 Å². The van der Waals surface area contributed by atoms with Crippen molar-refractivity contribution in [2.45, 2.75) is 33.7 Å². The molecule has 2 aromatic carbocycles. The van der Waals surface area contributed by atoms with Gasteiger partial charge in [-0.05, 0) is 44.5 Å². The summed E-state index contributed by atoms with van der Waals surface area (Å²) >= 11 is 0. The lowest BCUT2D eigenvalue weighted by atomic mass is 10.0. The Hall–Kier alpha value is -2.29. The summed E-state index contributed by atoms with van der Waals surface area (Å²) in [6.45, 7) is 8.30. The summed E-state index contributed by atoms with van der Waals surface area (Å²) in [5, 5.41) is 3.53. The average molecular weight is 280 g/mol. The second kappa shape index (κ2) is 5.24. The first-order chi connectivity index (χ1) is 10.0. The highest BCUT2D eigenvalue weighted by Gasteiger charge is 2.08. The number of anilines is 1. The molecule has 0 aliphatic heterocycles. The van der Waals surface area contributed by atoms with Crippen molar-refractivity contribution in [1.82, 2.24) is 4.98 Å². The van der Waals surface area contributed by atoms with Crippen LogP contribution >= 0.6 is 0 Å². The number of aromatic nitrogens is 1. The van der Waals surface area contributed by atoms with Gasteiger partial charge in [-0.1, -0.05) is 29.3 Å². The maximum atomic E-state index is 5.51. The first kappa shape index (κ1) is 13.7. The number of aryl methyl sites for hydroxylation is 3. The predicted molar refractivity (Wildman–Crippen MR) is 86.7 cm³/mol. The fourth-order valence-electron chi connectivity index (χ4n) is 2.73. The minimum atomic E-state index is 0.244. The first-order valence-corrected chi connectivity index (χ1v) is 7.23. The molecule has 3 aromatic rings. The molecule has 1 N–H and O–H groups in total. The summed E-state index contributed by atoms with van der Waals surface area (Å²) < 4.78 is 5.51. The minimum Gasteiger partial charge on any atom is -0.441 e. The molecule has 0 fully saturated rings. The molecule has 1 aromatic heterocycles. The number of rotatable bonds is 3. The van der Waals surface area contributed by atoms with Crippen molar-refractivity contribution in [2.24, 2.45) is 0 Å². The van der Waals surface area contributed by atoms with Crippen LogP contribution in [0.2, 0.25) is 0 Å². The van der Waals surface area contributed by atoms with E-state index in [9.17, 15) is 0 Å². The molecule has 3 heteroatoms. The monoisotopic (exact) mass is 280 g/mol. The van der Waals surface area contributed by atoms with E-state index in [1.54, 1.807) is 0 Å². The number of nitrogens with zero attached hydrogens (tertiary/aromatic N) is 1. The van der Waals surface area contributed by atoms with Gasteiger partial charge < -0.3 is 9.73 Å². The van der Waals surface area contributed by atoms with Gasteiger partial charge in [0.1, 0.15) is 5.52 Å². The third kappa shape index (κ3) is 2.92. The molecular formula is C18H20N2O. The summed E-state index contributed by atoms with van der Waals surface area (Å²) in [6.07, 6.45) is 0. The van der Waals surface area contributed by atoms with Gasteiger partial charge >= 0.3 is 0 Å². The van der Waals surface area contributed by atoms with Crippen molar-refractivity contribution in [1.29, 1.82) is 0 Å². The third-order valence-corrected chi connectivity index (χ3v) is 3.62. The van der Waals surface area contributed by atoms with Crippen molar-refractivity contribution in [3.05, 3.63) is 59.0 Å². The van der Waals surface area contributed by atoms with Crippen LogP contribution in [0.4, 0.5) is 5.69 Å². The quantitative estimate of drug-likeness (QED) is 0.739. The molecule has 3 nitrogen and oxygen atoms in total. The van der Waals surface area contributed by atoms with Crippen molar-refractivity contribution in [3.8, 4) is 0 Å². The molecule has 0 bridgehead atoms. The van der Waals surface area contributed by atoms with Crippen LogP contribution in [0.25, 0.3) is 11.1 Å². The van der Waals surface area contributed by atoms with E-state index in [0.29, 0.717) is 5.89 Å². The molecule has 0 aliphatic rings. The van der Waals surface area contributed by atoms with Crippen LogP contribution in [-0.2, 0) is 0 Å². The molecule has 1 heterocycles. The molecule has 0 saturated carbocycles. The van der Waals surface area contributed by atoms with Gasteiger partial charge in [0.05, 0.1) is 0 Å². The Morgan fingerprint density at radius 1 is 1.00 bits per heavy atom. The van der Waals surface area contributed by atoms with Gasteiger partial charge in [0.15, 0.2) is 11.5 Å². The Morgan fingerprint density at radius 3 is 2.43 bits per heavy atom. The second-order valence-corrected chi connectivity index (χ2v) is 5.70. The van der Waals surface area contributed by atoms with Crippen LogP contribution in [-0.4, -0.2) is 4.98 Å². The van der Waals surface area contributed by atoms with E-state index in [1.807, 2.05) is 25.1 Å². The van der Waals surface area contributed by atoms with Gasteiger partial charge in [-0.15, -0.1) is 0 Å². The fourth-order valence-corrected chi connectivity index (χ4v) is 2.73. The standard InChI is InChI=1S/C18H20N2O/c1-11-7-12(2)9-15(8-11)13(3)19-16-5-6-18-17(10-16)20-14(4)21-18/h5-10,13,19H,1-4H3. The maximum absolute atomic E-state index is 5.51. The molecule has 1 unspecified atom stereocenters. The van der Waals surface area contributed by atoms with Crippen LogP contribution in [0.3, 0.4) is 0 Å². The predicted octanol–water partition coefficient (Wildman–Crippen LogP) is 4.93. The molecule has 0 amide bonds. The van der Waals surface area contributed by atoms with E-state index in [4.69, 9.17) is 4.42 Å². The van der Waals surface area contributed by atoms with Crippen LogP contribution in [0.1, 0.15) is 35.5 Å². The zero-order chi connectivity index (χ0) is 15.0. The van der Waals surface area contributed by atoms with Gasteiger partial charge in [-0.2, -0.15) is 0 Å². The molecule has 1 atom stereocenters. The van der Waals surface area contributed by atoms with E-state index in [-0.39, 0.29) is 6.04 Å². The van der Waals surface area contributed by atoms with E-state index >= 15 is 0 Å². The summed E-state index contributed by atoms with van der Waals surface area (Å²) in [5.74, 6) is 0.699. The van der Waals surface area contributed by atoms with Crippen LogP contribution in [0.15, 0.2) is 40.8 Å². The van der Waals surface area contributed by atoms with E-state index in [2.05, 4.69) is 49.3 Å². The SMILES string of the molecule is Cc1cc(C)cc(C(C)Nc2ccc3oc(C)nc3c2)c1. The molecule has 108 valence electrons. The molecule has 3 rings (SSSR count). The highest BCUT2D eigenvalue weighted by molar-refractivity contribution is 5.77. The summed E-state index contributed by atoms with van der Waals surface area (Å²) in [5.41, 5.74) is 6.66. The first-order valence-electron chi connectivity index (χ1n) is 7.23. The lowest BCUT2D eigenvalue weighted by Crippen LogP contribution is -2.07. The van der Waals surface area contributed by atoms with Crippen molar-refractivity contribution in [2.75, 3.05) is 5.32 Å². The van der Waals surface area contributed by atoms with Crippen LogP contribution < -0.4 is 5.32 Å². The Balaban J connectivity index is 1.86. The zero-order valence-electron chi connectivity index (χ0n) is 12.9. The van der Waals surface area contributed by atoms with E-state index in [1.165, 1.54) is 16.7 Å². The number of oxazole rings is 1. The smallest absolute Gasteiger partial charge is 0.192 e. The largest absolute Gasteiger partial charge is 0.441 e. The van der Waals surface area contributed by atoms with E-state index < -0.39 is 0 Å². The number of hydrogen-bond donors (Lipinski definition) is 1. The van der Waals surface area contributed by atoms with Gasteiger partial charge in [-0.3, -0.25) is 0 Å². The highest BCUT2D eigenvalue weighted by Crippen LogP contribution is 2.24. The van der Waals surface area contributed by atoms with Gasteiger partial charge in [-0.25, -0.2) is 4.98 Å². The lowest BCUT2D eigenvalue weighted by Gasteiger charge is -2.17. The third-order valence-electron chi connectivity index (χ3n) is 3.62. The Kier molecular flexibility index (Phi) is 3.42. The lowest BCUT2D eigenvalue weighted by molar-refractivity contribution is 0.561. The minimum absolute atomic E-state index is 0.244. The van der Waals surface area contributed by atoms with Gasteiger partial charge in [0, 0.05) is 18.7 Å². The van der Waals surface area contributed by atoms with Gasteiger partial charge in [0.2, 0.25) is 0 Å². The molecule has 21 heavy (non-hydrogen) atoms. The number of benzene rings is 2. The second-order valence-electron chi connectivity index (χ2n) is 5.70. The number of fused-ring (bicyclic) bond motifs is 1.